The van der Waals surface area contributed by atoms with Crippen LogP contribution < -0.4 is 4.90 Å². The fourth-order valence-corrected chi connectivity index (χ4v) is 2.03. The predicted molar refractivity (Wildman–Crippen MR) is 84.3 cm³/mol. The van der Waals surface area contributed by atoms with Crippen molar-refractivity contribution in [3.8, 4) is 0 Å². The van der Waals surface area contributed by atoms with Crippen molar-refractivity contribution in [2.45, 2.75) is 0 Å². The lowest BCUT2D eigenvalue weighted by Crippen LogP contribution is -2.28. The third-order valence-electron chi connectivity index (χ3n) is 2.59. The Morgan fingerprint density at radius 3 is 1.80 bits per heavy atom. The second-order valence-corrected chi connectivity index (χ2v) is 5.20. The van der Waals surface area contributed by atoms with E-state index in [1.807, 2.05) is 12.1 Å². The Morgan fingerprint density at radius 1 is 0.800 bits per heavy atom. The average molecular weight is 327 g/mol. The first-order valence-corrected chi connectivity index (χ1v) is 6.90. The summed E-state index contributed by atoms with van der Waals surface area (Å²) in [5.74, 6) is -0.305. The number of para-hydroxylation sites is 1. The van der Waals surface area contributed by atoms with Gasteiger partial charge in [0.15, 0.2) is 0 Å². The van der Waals surface area contributed by atoms with Crippen molar-refractivity contribution in [2.75, 3.05) is 4.90 Å². The van der Waals surface area contributed by atoms with Crippen molar-refractivity contribution in [2.24, 2.45) is 0 Å². The lowest BCUT2D eigenvalue weighted by molar-refractivity contribution is 0.0996. The van der Waals surface area contributed by atoms with Crippen LogP contribution in [0.2, 0.25) is 0 Å². The molecule has 0 heterocycles. The third kappa shape index (κ3) is 3.34. The van der Waals surface area contributed by atoms with Gasteiger partial charge in [-0.25, -0.2) is 0 Å². The molecule has 1 amide bonds. The molecule has 102 valence electrons. The molecule has 2 rings (SSSR count). The molecule has 0 aliphatic carbocycles. The molecule has 5 heteroatoms. The van der Waals surface area contributed by atoms with Gasteiger partial charge in [0.25, 0.3) is 5.91 Å². The van der Waals surface area contributed by atoms with Gasteiger partial charge in [-0.2, -0.15) is 0 Å². The summed E-state index contributed by atoms with van der Waals surface area (Å²) in [6.07, 6.45) is 0. The van der Waals surface area contributed by atoms with Crippen LogP contribution in [0.5, 0.6) is 0 Å². The van der Waals surface area contributed by atoms with Crippen molar-refractivity contribution in [1.82, 2.24) is 0 Å². The molecule has 0 unspecified atom stereocenters. The molecule has 2 aromatic rings. The van der Waals surface area contributed by atoms with Gasteiger partial charge in [-0.1, -0.05) is 71.2 Å². The van der Waals surface area contributed by atoms with E-state index in [4.69, 9.17) is 34.8 Å². The summed E-state index contributed by atoms with van der Waals surface area (Å²) in [6, 6.07) is 17.7. The van der Waals surface area contributed by atoms with Gasteiger partial charge in [0.1, 0.15) is 9.65 Å². The summed E-state index contributed by atoms with van der Waals surface area (Å²) >= 11 is 17.5. The van der Waals surface area contributed by atoms with E-state index in [0.29, 0.717) is 11.3 Å². The largest absolute Gasteiger partial charge is 0.268 e. The number of hydrogen-bond donors (Lipinski definition) is 0. The van der Waals surface area contributed by atoms with Crippen LogP contribution in [0, 0.1) is 0 Å². The summed E-state index contributed by atoms with van der Waals surface area (Å²) in [7, 11) is 0. The SMILES string of the molecule is O=C(c1ccccc1)N(C(Cl)=C(Cl)Cl)c1ccccc1. The van der Waals surface area contributed by atoms with E-state index >= 15 is 0 Å². The number of hydrogen-bond acceptors (Lipinski definition) is 1. The van der Waals surface area contributed by atoms with Crippen LogP contribution in [-0.2, 0) is 0 Å². The van der Waals surface area contributed by atoms with Crippen LogP contribution in [0.3, 0.4) is 0 Å². The van der Waals surface area contributed by atoms with Crippen molar-refractivity contribution in [1.29, 1.82) is 0 Å². The highest BCUT2D eigenvalue weighted by atomic mass is 35.5. The molecule has 0 saturated carbocycles. The molecular weight excluding hydrogens is 317 g/mol. The highest BCUT2D eigenvalue weighted by Crippen LogP contribution is 2.29. The van der Waals surface area contributed by atoms with Gasteiger partial charge in [-0.3, -0.25) is 9.69 Å². The number of carbonyl (C=O) groups is 1. The van der Waals surface area contributed by atoms with E-state index < -0.39 is 0 Å². The first kappa shape index (κ1) is 14.9. The Bertz CT molecular complexity index is 622. The Hall–Kier alpha value is -1.48. The first-order chi connectivity index (χ1) is 9.61. The molecule has 0 saturated heterocycles. The zero-order valence-electron chi connectivity index (χ0n) is 10.3. The van der Waals surface area contributed by atoms with E-state index in [2.05, 4.69) is 0 Å². The number of benzene rings is 2. The lowest BCUT2D eigenvalue weighted by Gasteiger charge is -2.22. The molecule has 20 heavy (non-hydrogen) atoms. The van der Waals surface area contributed by atoms with E-state index in [0.717, 1.165) is 0 Å². The average Bonchev–Trinajstić information content (AvgIpc) is 2.49. The molecule has 0 aliphatic rings. The van der Waals surface area contributed by atoms with Crippen molar-refractivity contribution in [3.63, 3.8) is 0 Å². The normalized spacial score (nSPS) is 9.95. The van der Waals surface area contributed by atoms with Gasteiger partial charge < -0.3 is 0 Å². The molecule has 0 fully saturated rings. The number of amides is 1. The second-order valence-electron chi connectivity index (χ2n) is 3.89. The quantitative estimate of drug-likeness (QED) is 0.712. The maximum absolute atomic E-state index is 12.6. The van der Waals surface area contributed by atoms with E-state index in [9.17, 15) is 4.79 Å². The molecule has 0 atom stereocenters. The van der Waals surface area contributed by atoms with Crippen molar-refractivity contribution >= 4 is 46.4 Å². The predicted octanol–water partition coefficient (Wildman–Crippen LogP) is 5.18. The molecule has 0 spiro atoms. The van der Waals surface area contributed by atoms with E-state index in [1.165, 1.54) is 4.90 Å². The summed E-state index contributed by atoms with van der Waals surface area (Å²) in [6.45, 7) is 0. The molecule has 0 N–H and O–H groups in total. The Balaban J connectivity index is 2.49. The van der Waals surface area contributed by atoms with E-state index in [1.54, 1.807) is 48.5 Å². The standard InChI is InChI=1S/C15H10Cl3NO/c16-13(17)14(18)19(12-9-5-2-6-10-12)15(20)11-7-3-1-4-8-11/h1-10H. The minimum atomic E-state index is -0.305. The number of nitrogens with zero attached hydrogens (tertiary/aromatic N) is 1. The monoisotopic (exact) mass is 325 g/mol. The number of carbonyl (C=O) groups excluding carboxylic acids is 1. The summed E-state index contributed by atoms with van der Waals surface area (Å²) in [4.78, 5) is 13.9. The summed E-state index contributed by atoms with van der Waals surface area (Å²) < 4.78 is -0.167. The molecule has 2 nitrogen and oxygen atoms in total. The van der Waals surface area contributed by atoms with Crippen LogP contribution in [0.1, 0.15) is 10.4 Å². The maximum atomic E-state index is 12.6. The van der Waals surface area contributed by atoms with Gasteiger partial charge in [0.05, 0.1) is 5.69 Å². The van der Waals surface area contributed by atoms with Gasteiger partial charge in [-0.05, 0) is 24.3 Å². The highest BCUT2D eigenvalue weighted by Gasteiger charge is 2.22. The number of rotatable bonds is 3. The van der Waals surface area contributed by atoms with Crippen LogP contribution >= 0.6 is 34.8 Å². The topological polar surface area (TPSA) is 20.3 Å². The second kappa shape index (κ2) is 6.80. The fourth-order valence-electron chi connectivity index (χ4n) is 1.69. The minimum absolute atomic E-state index is 0.0339. The first-order valence-electron chi connectivity index (χ1n) is 5.76. The lowest BCUT2D eigenvalue weighted by atomic mass is 10.2. The Kier molecular flexibility index (Phi) is 5.07. The van der Waals surface area contributed by atoms with Crippen LogP contribution in [0.4, 0.5) is 5.69 Å². The molecule has 0 aromatic heterocycles. The zero-order chi connectivity index (χ0) is 14.5. The minimum Gasteiger partial charge on any atom is -0.268 e. The summed E-state index contributed by atoms with van der Waals surface area (Å²) in [5.41, 5.74) is 1.08. The van der Waals surface area contributed by atoms with E-state index in [-0.39, 0.29) is 15.6 Å². The molecule has 0 bridgehead atoms. The van der Waals surface area contributed by atoms with Gasteiger partial charge in [0.2, 0.25) is 0 Å². The fraction of sp³-hybridized carbons (Fsp3) is 0. The van der Waals surface area contributed by atoms with Gasteiger partial charge in [-0.15, -0.1) is 0 Å². The van der Waals surface area contributed by atoms with Gasteiger partial charge in [0, 0.05) is 5.56 Å². The van der Waals surface area contributed by atoms with Crippen molar-refractivity contribution in [3.05, 3.63) is 75.9 Å². The van der Waals surface area contributed by atoms with Crippen LogP contribution in [-0.4, -0.2) is 5.91 Å². The zero-order valence-corrected chi connectivity index (χ0v) is 12.5. The molecule has 0 radical (unpaired) electrons. The highest BCUT2D eigenvalue weighted by molar-refractivity contribution is 6.60. The Labute approximate surface area is 132 Å². The number of halogens is 3. The smallest absolute Gasteiger partial charge is 0.263 e. The molecular formula is C15H10Cl3NO. The third-order valence-corrected chi connectivity index (χ3v) is 3.50. The number of anilines is 1. The van der Waals surface area contributed by atoms with Crippen LogP contribution in [0.25, 0.3) is 0 Å². The van der Waals surface area contributed by atoms with Crippen molar-refractivity contribution < 1.29 is 4.79 Å². The summed E-state index contributed by atoms with van der Waals surface area (Å²) in [5, 5.41) is -0.0339. The van der Waals surface area contributed by atoms with Gasteiger partial charge >= 0.3 is 0 Å². The molecule has 0 aliphatic heterocycles. The maximum Gasteiger partial charge on any atom is 0.263 e. The Morgan fingerprint density at radius 2 is 1.30 bits per heavy atom. The molecule has 2 aromatic carbocycles. The van der Waals surface area contributed by atoms with Crippen LogP contribution in [0.15, 0.2) is 70.3 Å².